The zero-order valence-electron chi connectivity index (χ0n) is 15.3. The van der Waals surface area contributed by atoms with E-state index in [1.54, 1.807) is 39.3 Å². The maximum Gasteiger partial charge on any atom is 0.318 e. The largest absolute Gasteiger partial charge is 0.493 e. The molecule has 0 bridgehead atoms. The number of methoxy groups -OCH3 is 2. The molecule has 1 saturated heterocycles. The summed E-state index contributed by atoms with van der Waals surface area (Å²) < 4.78 is 15.8. The van der Waals surface area contributed by atoms with Crippen LogP contribution in [0.3, 0.4) is 0 Å². The number of rotatable bonds is 5. The number of nitrogens with zero attached hydrogens (tertiary/aromatic N) is 3. The number of amides is 3. The van der Waals surface area contributed by atoms with Gasteiger partial charge in [0, 0.05) is 18.7 Å². The predicted octanol–water partition coefficient (Wildman–Crippen LogP) is 0.956. The highest BCUT2D eigenvalue weighted by Gasteiger charge is 2.24. The van der Waals surface area contributed by atoms with Gasteiger partial charge in [-0.2, -0.15) is 4.98 Å². The van der Waals surface area contributed by atoms with Gasteiger partial charge in [0.25, 0.3) is 0 Å². The molecule has 10 heteroatoms. The fraction of sp³-hybridized carbons (Fsp3) is 0.412. The maximum atomic E-state index is 12.3. The average molecular weight is 375 g/mol. The Bertz CT molecular complexity index is 837. The first-order valence-corrected chi connectivity index (χ1v) is 8.40. The fourth-order valence-corrected chi connectivity index (χ4v) is 2.65. The lowest BCUT2D eigenvalue weighted by Crippen LogP contribution is -2.53. The van der Waals surface area contributed by atoms with Gasteiger partial charge in [0.1, 0.15) is 12.6 Å². The third kappa shape index (κ3) is 4.10. The van der Waals surface area contributed by atoms with Crippen LogP contribution in [0.15, 0.2) is 22.7 Å². The van der Waals surface area contributed by atoms with Crippen LogP contribution in [0, 0.1) is 0 Å². The molecule has 1 aliphatic heterocycles. The number of nitrogens with one attached hydrogen (secondary N) is 2. The summed E-state index contributed by atoms with van der Waals surface area (Å²) >= 11 is 0. The zero-order valence-corrected chi connectivity index (χ0v) is 15.3. The number of benzene rings is 1. The molecule has 27 heavy (non-hydrogen) atoms. The summed E-state index contributed by atoms with van der Waals surface area (Å²) in [6, 6.07) is 4.40. The van der Waals surface area contributed by atoms with E-state index < -0.39 is 6.04 Å². The molecule has 2 heterocycles. The molecule has 2 aromatic rings. The lowest BCUT2D eigenvalue weighted by atomic mass is 10.2. The lowest BCUT2D eigenvalue weighted by Gasteiger charge is -2.27. The second-order valence-electron chi connectivity index (χ2n) is 5.97. The molecule has 0 spiro atoms. The predicted molar refractivity (Wildman–Crippen MR) is 94.4 cm³/mol. The van der Waals surface area contributed by atoms with E-state index in [4.69, 9.17) is 14.0 Å². The van der Waals surface area contributed by atoms with Gasteiger partial charge in [-0.1, -0.05) is 5.16 Å². The number of ether oxygens (including phenoxy) is 2. The molecule has 0 radical (unpaired) electrons. The molecule has 144 valence electrons. The number of piperazine rings is 1. The highest BCUT2D eigenvalue weighted by Crippen LogP contribution is 2.31. The van der Waals surface area contributed by atoms with Gasteiger partial charge in [-0.15, -0.1) is 0 Å². The minimum absolute atomic E-state index is 0.0271. The van der Waals surface area contributed by atoms with Crippen LogP contribution in [-0.4, -0.2) is 60.8 Å². The quantitative estimate of drug-likeness (QED) is 0.799. The van der Waals surface area contributed by atoms with Crippen molar-refractivity contribution in [1.82, 2.24) is 25.7 Å². The Morgan fingerprint density at radius 2 is 2.11 bits per heavy atom. The number of carbonyl (C=O) groups is 2. The average Bonchev–Trinajstić information content (AvgIpc) is 3.17. The molecule has 1 aromatic carbocycles. The first-order valence-electron chi connectivity index (χ1n) is 8.40. The molecule has 0 saturated carbocycles. The van der Waals surface area contributed by atoms with Crippen molar-refractivity contribution in [2.45, 2.75) is 13.0 Å². The molecule has 3 rings (SSSR count). The number of hydrogen-bond acceptors (Lipinski definition) is 7. The Morgan fingerprint density at radius 3 is 2.81 bits per heavy atom. The van der Waals surface area contributed by atoms with Crippen molar-refractivity contribution in [3.63, 3.8) is 0 Å². The topological polar surface area (TPSA) is 119 Å². The lowest BCUT2D eigenvalue weighted by molar-refractivity contribution is -0.123. The molecule has 2 N–H and O–H groups in total. The van der Waals surface area contributed by atoms with Crippen molar-refractivity contribution in [1.29, 1.82) is 0 Å². The third-order valence-electron chi connectivity index (χ3n) is 4.12. The van der Waals surface area contributed by atoms with Gasteiger partial charge in [0.15, 0.2) is 11.5 Å². The van der Waals surface area contributed by atoms with E-state index >= 15 is 0 Å². The summed E-state index contributed by atoms with van der Waals surface area (Å²) in [5, 5.41) is 9.39. The Balaban J connectivity index is 1.69. The summed E-state index contributed by atoms with van der Waals surface area (Å²) in [6.45, 7) is 2.64. The molecule has 0 aliphatic carbocycles. The van der Waals surface area contributed by atoms with Crippen molar-refractivity contribution < 1.29 is 23.6 Å². The van der Waals surface area contributed by atoms with E-state index in [1.165, 1.54) is 4.90 Å². The van der Waals surface area contributed by atoms with Gasteiger partial charge >= 0.3 is 6.03 Å². The fourth-order valence-electron chi connectivity index (χ4n) is 2.65. The Labute approximate surface area is 155 Å². The third-order valence-corrected chi connectivity index (χ3v) is 4.12. The minimum atomic E-state index is -0.510. The van der Waals surface area contributed by atoms with Gasteiger partial charge in [-0.3, -0.25) is 4.79 Å². The summed E-state index contributed by atoms with van der Waals surface area (Å²) in [6.07, 6.45) is 0. The first-order chi connectivity index (χ1) is 13.0. The Hall–Kier alpha value is -3.30. The van der Waals surface area contributed by atoms with Crippen molar-refractivity contribution in [3.8, 4) is 22.9 Å². The first kappa shape index (κ1) is 18.5. The van der Waals surface area contributed by atoms with Crippen LogP contribution in [0.25, 0.3) is 11.4 Å². The summed E-state index contributed by atoms with van der Waals surface area (Å²) in [7, 11) is 3.10. The van der Waals surface area contributed by atoms with E-state index in [0.717, 1.165) is 0 Å². The Kier molecular flexibility index (Phi) is 5.43. The van der Waals surface area contributed by atoms with Crippen molar-refractivity contribution in [2.75, 3.05) is 33.9 Å². The van der Waals surface area contributed by atoms with Crippen LogP contribution < -0.4 is 20.1 Å². The highest BCUT2D eigenvalue weighted by molar-refractivity contribution is 5.85. The van der Waals surface area contributed by atoms with Crippen molar-refractivity contribution in [2.24, 2.45) is 0 Å². The van der Waals surface area contributed by atoms with Gasteiger partial charge in [0.2, 0.25) is 17.6 Å². The second kappa shape index (κ2) is 7.94. The molecule has 1 atom stereocenters. The number of carbonyl (C=O) groups excluding carboxylic acids is 2. The van der Waals surface area contributed by atoms with Gasteiger partial charge in [-0.25, -0.2) is 4.79 Å². The van der Waals surface area contributed by atoms with Gasteiger partial charge in [-0.05, 0) is 25.1 Å². The molecular weight excluding hydrogens is 354 g/mol. The summed E-state index contributed by atoms with van der Waals surface area (Å²) in [5.74, 6) is 1.58. The van der Waals surface area contributed by atoms with Crippen LogP contribution in [0.1, 0.15) is 18.9 Å². The standard InChI is InChI=1S/C17H21N5O5/c1-10(19-17(24)22-7-6-18-14(23)9-22)16-20-15(21-27-16)11-4-5-12(25-2)13(8-11)26-3/h4-5,8,10H,6-7,9H2,1-3H3,(H,18,23)(H,19,24)/t10-/m0/s1. The minimum Gasteiger partial charge on any atom is -0.493 e. The van der Waals surface area contributed by atoms with Crippen molar-refractivity contribution >= 4 is 11.9 Å². The SMILES string of the molecule is COc1ccc(-c2noc([C@H](C)NC(=O)N3CCNC(=O)C3)n2)cc1OC. The molecule has 1 aromatic heterocycles. The van der Waals surface area contributed by atoms with Crippen LogP contribution >= 0.6 is 0 Å². The van der Waals surface area contributed by atoms with Crippen LogP contribution in [0.2, 0.25) is 0 Å². The van der Waals surface area contributed by atoms with E-state index in [2.05, 4.69) is 20.8 Å². The van der Waals surface area contributed by atoms with E-state index in [1.807, 2.05) is 0 Å². The molecule has 1 fully saturated rings. The number of hydrogen-bond donors (Lipinski definition) is 2. The zero-order chi connectivity index (χ0) is 19.4. The van der Waals surface area contributed by atoms with Crippen LogP contribution in [-0.2, 0) is 4.79 Å². The Morgan fingerprint density at radius 1 is 1.33 bits per heavy atom. The molecule has 10 nitrogen and oxygen atoms in total. The molecule has 3 amide bonds. The number of aromatic nitrogens is 2. The van der Waals surface area contributed by atoms with Crippen LogP contribution in [0.5, 0.6) is 11.5 Å². The van der Waals surface area contributed by atoms with Gasteiger partial charge in [0.05, 0.1) is 14.2 Å². The number of urea groups is 1. The molecule has 0 unspecified atom stereocenters. The van der Waals surface area contributed by atoms with E-state index in [9.17, 15) is 9.59 Å². The van der Waals surface area contributed by atoms with Gasteiger partial charge < -0.3 is 29.5 Å². The smallest absolute Gasteiger partial charge is 0.318 e. The molecule has 1 aliphatic rings. The van der Waals surface area contributed by atoms with Crippen LogP contribution in [0.4, 0.5) is 4.79 Å². The van der Waals surface area contributed by atoms with E-state index in [-0.39, 0.29) is 24.4 Å². The monoisotopic (exact) mass is 375 g/mol. The maximum absolute atomic E-state index is 12.3. The normalized spacial score (nSPS) is 15.1. The summed E-state index contributed by atoms with van der Waals surface area (Å²) in [4.78, 5) is 29.4. The second-order valence-corrected chi connectivity index (χ2v) is 5.97. The molecular formula is C17H21N5O5. The van der Waals surface area contributed by atoms with Crippen molar-refractivity contribution in [3.05, 3.63) is 24.1 Å². The van der Waals surface area contributed by atoms with E-state index in [0.29, 0.717) is 36.0 Å². The summed E-state index contributed by atoms with van der Waals surface area (Å²) in [5.41, 5.74) is 0.689. The highest BCUT2D eigenvalue weighted by atomic mass is 16.5.